The third-order valence-electron chi connectivity index (χ3n) is 5.47. The molecular formula is C25H28ClN3O6S2. The molecule has 2 saturated heterocycles. The van der Waals surface area contributed by atoms with Crippen LogP contribution in [-0.4, -0.2) is 60.5 Å². The van der Waals surface area contributed by atoms with Crippen molar-refractivity contribution in [2.24, 2.45) is 4.99 Å². The first-order valence-corrected chi connectivity index (χ1v) is 14.7. The van der Waals surface area contributed by atoms with E-state index in [4.69, 9.17) is 21.1 Å². The molecule has 37 heavy (non-hydrogen) atoms. The largest absolute Gasteiger partial charge is 0.455 e. The van der Waals surface area contributed by atoms with Crippen LogP contribution in [0.3, 0.4) is 0 Å². The highest BCUT2D eigenvalue weighted by molar-refractivity contribution is 8.16. The van der Waals surface area contributed by atoms with Gasteiger partial charge in [0.15, 0.2) is 20.8 Å². The standard InChI is InChI=1S/C25H28ClN3O6S2/c1-15-6-5-7-17(10-15)34-20-9-8-16(26)11-18(20)29-19-13-37(32,33)14-21(19)36-23(29)28-22(30)12-27-24(31)35-25(2,3)4/h5-11,19,21H,12-14H2,1-4H3,(H,27,31)/t19-,21+/m1/s1. The van der Waals surface area contributed by atoms with Gasteiger partial charge in [-0.2, -0.15) is 4.99 Å². The number of amides is 2. The number of nitrogens with one attached hydrogen (secondary N) is 1. The second-order valence-electron chi connectivity index (χ2n) is 9.84. The summed E-state index contributed by atoms with van der Waals surface area (Å²) >= 11 is 7.55. The Hall–Kier alpha value is -2.76. The van der Waals surface area contributed by atoms with Crippen LogP contribution in [0.1, 0.15) is 26.3 Å². The van der Waals surface area contributed by atoms with Crippen LogP contribution < -0.4 is 15.0 Å². The maximum Gasteiger partial charge on any atom is 0.408 e. The number of halogens is 1. The zero-order valence-corrected chi connectivity index (χ0v) is 23.2. The van der Waals surface area contributed by atoms with Crippen molar-refractivity contribution in [3.05, 3.63) is 53.1 Å². The van der Waals surface area contributed by atoms with Crippen molar-refractivity contribution >= 4 is 56.1 Å². The van der Waals surface area contributed by atoms with Gasteiger partial charge in [-0.1, -0.05) is 35.5 Å². The minimum absolute atomic E-state index is 0.0309. The first kappa shape index (κ1) is 27.3. The van der Waals surface area contributed by atoms with Gasteiger partial charge in [0, 0.05) is 10.3 Å². The third-order valence-corrected chi connectivity index (χ3v) is 8.91. The summed E-state index contributed by atoms with van der Waals surface area (Å²) in [5.41, 5.74) is 0.801. The lowest BCUT2D eigenvalue weighted by Crippen LogP contribution is -2.39. The van der Waals surface area contributed by atoms with Crippen molar-refractivity contribution in [3.63, 3.8) is 0 Å². The van der Waals surface area contributed by atoms with E-state index in [0.29, 0.717) is 27.4 Å². The number of hydrogen-bond acceptors (Lipinski definition) is 7. The Morgan fingerprint density at radius 3 is 2.65 bits per heavy atom. The summed E-state index contributed by atoms with van der Waals surface area (Å²) < 4.78 is 36.2. The van der Waals surface area contributed by atoms with Crippen LogP contribution in [0.4, 0.5) is 10.5 Å². The van der Waals surface area contributed by atoms with Crippen LogP contribution in [0.15, 0.2) is 47.5 Å². The molecule has 0 aliphatic carbocycles. The fourth-order valence-corrected chi connectivity index (χ4v) is 8.12. The van der Waals surface area contributed by atoms with Gasteiger partial charge in [-0.3, -0.25) is 4.79 Å². The number of thioether (sulfide) groups is 1. The van der Waals surface area contributed by atoms with E-state index < -0.39 is 33.5 Å². The number of hydrogen-bond donors (Lipinski definition) is 1. The van der Waals surface area contributed by atoms with Crippen molar-refractivity contribution in [2.75, 3.05) is 23.0 Å². The van der Waals surface area contributed by atoms with E-state index in [-0.39, 0.29) is 23.3 Å². The van der Waals surface area contributed by atoms with E-state index in [9.17, 15) is 18.0 Å². The van der Waals surface area contributed by atoms with Crippen molar-refractivity contribution < 1.29 is 27.5 Å². The molecule has 0 spiro atoms. The molecule has 2 heterocycles. The van der Waals surface area contributed by atoms with Gasteiger partial charge in [0.2, 0.25) is 0 Å². The summed E-state index contributed by atoms with van der Waals surface area (Å²) in [6.07, 6.45) is -0.733. The molecule has 2 aromatic carbocycles. The monoisotopic (exact) mass is 565 g/mol. The zero-order chi connectivity index (χ0) is 27.0. The summed E-state index contributed by atoms with van der Waals surface area (Å²) in [5.74, 6) is 0.306. The van der Waals surface area contributed by atoms with Gasteiger partial charge in [0.05, 0.1) is 23.2 Å². The highest BCUT2D eigenvalue weighted by Crippen LogP contribution is 2.45. The number of alkyl carbamates (subject to hydrolysis) is 1. The Kier molecular flexibility index (Phi) is 7.77. The molecule has 0 aromatic heterocycles. The molecule has 2 aliphatic heterocycles. The number of aliphatic imine (C=N–C) groups is 1. The van der Waals surface area contributed by atoms with Gasteiger partial charge in [-0.15, -0.1) is 0 Å². The highest BCUT2D eigenvalue weighted by atomic mass is 35.5. The Morgan fingerprint density at radius 1 is 1.19 bits per heavy atom. The molecule has 2 aromatic rings. The van der Waals surface area contributed by atoms with Crippen molar-refractivity contribution in [2.45, 2.75) is 44.6 Å². The van der Waals surface area contributed by atoms with Gasteiger partial charge < -0.3 is 19.7 Å². The lowest BCUT2D eigenvalue weighted by molar-refractivity contribution is -0.117. The van der Waals surface area contributed by atoms with Crippen molar-refractivity contribution in [1.82, 2.24) is 5.32 Å². The molecule has 12 heteroatoms. The maximum atomic E-state index is 12.7. The molecule has 4 rings (SSSR count). The molecule has 1 N–H and O–H groups in total. The molecule has 0 saturated carbocycles. The van der Waals surface area contributed by atoms with Gasteiger partial charge in [0.1, 0.15) is 17.9 Å². The van der Waals surface area contributed by atoms with Gasteiger partial charge >= 0.3 is 6.09 Å². The number of nitrogens with zero attached hydrogens (tertiary/aromatic N) is 2. The Bertz CT molecular complexity index is 1360. The Labute approximate surface area is 225 Å². The van der Waals surface area contributed by atoms with Crippen LogP contribution in [0.2, 0.25) is 5.02 Å². The van der Waals surface area contributed by atoms with E-state index in [0.717, 1.165) is 5.56 Å². The van der Waals surface area contributed by atoms with E-state index in [1.807, 2.05) is 31.2 Å². The fraction of sp³-hybridized carbons (Fsp3) is 0.400. The Balaban J connectivity index is 1.65. The lowest BCUT2D eigenvalue weighted by atomic mass is 10.2. The first-order valence-electron chi connectivity index (χ1n) is 11.6. The number of amidine groups is 1. The maximum absolute atomic E-state index is 12.7. The van der Waals surface area contributed by atoms with Gasteiger partial charge in [-0.05, 0) is 63.6 Å². The van der Waals surface area contributed by atoms with E-state index in [1.54, 1.807) is 43.9 Å². The number of benzene rings is 2. The average molecular weight is 566 g/mol. The molecule has 0 radical (unpaired) electrons. The minimum Gasteiger partial charge on any atom is -0.455 e. The average Bonchev–Trinajstić information content (AvgIpc) is 3.23. The van der Waals surface area contributed by atoms with Crippen LogP contribution in [0.5, 0.6) is 11.5 Å². The van der Waals surface area contributed by atoms with Crippen LogP contribution in [0.25, 0.3) is 0 Å². The molecule has 0 unspecified atom stereocenters. The first-order chi connectivity index (χ1) is 17.3. The molecule has 2 atom stereocenters. The third kappa shape index (κ3) is 6.97. The fourth-order valence-electron chi connectivity index (χ4n) is 4.03. The molecular weight excluding hydrogens is 538 g/mol. The van der Waals surface area contributed by atoms with Gasteiger partial charge in [0.25, 0.3) is 5.91 Å². The smallest absolute Gasteiger partial charge is 0.408 e. The number of anilines is 1. The quantitative estimate of drug-likeness (QED) is 0.561. The second kappa shape index (κ2) is 10.5. The molecule has 2 aliphatic rings. The molecule has 2 fully saturated rings. The molecule has 9 nitrogen and oxygen atoms in total. The van der Waals surface area contributed by atoms with Crippen molar-refractivity contribution in [3.8, 4) is 11.5 Å². The zero-order valence-electron chi connectivity index (χ0n) is 20.9. The topological polar surface area (TPSA) is 114 Å². The number of sulfone groups is 1. The summed E-state index contributed by atoms with van der Waals surface area (Å²) in [5, 5.41) is 2.82. The number of rotatable bonds is 5. The van der Waals surface area contributed by atoms with Crippen LogP contribution >= 0.6 is 23.4 Å². The summed E-state index contributed by atoms with van der Waals surface area (Å²) in [6, 6.07) is 12.1. The summed E-state index contributed by atoms with van der Waals surface area (Å²) in [6.45, 7) is 6.73. The Morgan fingerprint density at radius 2 is 1.95 bits per heavy atom. The molecule has 198 valence electrons. The van der Waals surface area contributed by atoms with E-state index in [2.05, 4.69) is 10.3 Å². The molecule has 0 bridgehead atoms. The second-order valence-corrected chi connectivity index (χ2v) is 13.6. The number of carbonyl (C=O) groups excluding carboxylic acids is 2. The minimum atomic E-state index is -3.27. The normalized spacial score (nSPS) is 21.5. The number of ether oxygens (including phenoxy) is 2. The predicted molar refractivity (Wildman–Crippen MR) is 146 cm³/mol. The number of aryl methyl sites for hydroxylation is 1. The van der Waals surface area contributed by atoms with Crippen LogP contribution in [-0.2, 0) is 19.4 Å². The SMILES string of the molecule is Cc1cccc(Oc2ccc(Cl)cc2N2C(=NC(=O)CNC(=O)OC(C)(C)C)S[C@H]3CS(=O)(=O)C[C@H]32)c1. The van der Waals surface area contributed by atoms with Gasteiger partial charge in [-0.25, -0.2) is 13.2 Å². The predicted octanol–water partition coefficient (Wildman–Crippen LogP) is 4.57. The highest BCUT2D eigenvalue weighted by Gasteiger charge is 2.50. The summed E-state index contributed by atoms with van der Waals surface area (Å²) in [7, 11) is -3.27. The van der Waals surface area contributed by atoms with Crippen molar-refractivity contribution in [1.29, 1.82) is 0 Å². The number of fused-ring (bicyclic) bond motifs is 1. The van der Waals surface area contributed by atoms with E-state index in [1.165, 1.54) is 11.8 Å². The summed E-state index contributed by atoms with van der Waals surface area (Å²) in [4.78, 5) is 30.6. The molecule has 2 amide bonds. The van der Waals surface area contributed by atoms with Crippen LogP contribution in [0, 0.1) is 6.92 Å². The van der Waals surface area contributed by atoms with E-state index >= 15 is 0 Å². The lowest BCUT2D eigenvalue weighted by Gasteiger charge is -2.27. The number of carbonyl (C=O) groups is 2.